The Morgan fingerprint density at radius 2 is 1.78 bits per heavy atom. The molecule has 0 bridgehead atoms. The second-order valence-corrected chi connectivity index (χ2v) is 12.1. The molecule has 50 heavy (non-hydrogen) atoms. The molecular weight excluding hydrogens is 646 g/mol. The van der Waals surface area contributed by atoms with Gasteiger partial charge in [-0.25, -0.2) is 18.7 Å². The van der Waals surface area contributed by atoms with Crippen molar-refractivity contribution in [2.24, 2.45) is 0 Å². The third-order valence-corrected chi connectivity index (χ3v) is 8.42. The lowest BCUT2D eigenvalue weighted by Crippen LogP contribution is -2.36. The van der Waals surface area contributed by atoms with Crippen LogP contribution in [0.15, 0.2) is 76.9 Å². The molecule has 2 N–H and O–H groups in total. The number of rotatable bonds is 10. The van der Waals surface area contributed by atoms with Crippen molar-refractivity contribution < 1.29 is 18.3 Å². The topological polar surface area (TPSA) is 136 Å². The zero-order chi connectivity index (χ0) is 35.4. The summed E-state index contributed by atoms with van der Waals surface area (Å²) in [6, 6.07) is 11.1. The van der Waals surface area contributed by atoms with Crippen LogP contribution >= 0.6 is 0 Å². The van der Waals surface area contributed by atoms with Crippen LogP contribution in [0, 0.1) is 18.6 Å². The van der Waals surface area contributed by atoms with Gasteiger partial charge in [0.05, 0.1) is 26.1 Å². The summed E-state index contributed by atoms with van der Waals surface area (Å²) in [7, 11) is 0. The van der Waals surface area contributed by atoms with Crippen molar-refractivity contribution in [3.05, 3.63) is 122 Å². The minimum Gasteiger partial charge on any atom is -0.378 e. The Morgan fingerprint density at radius 1 is 1.02 bits per heavy atom. The van der Waals surface area contributed by atoms with E-state index < -0.39 is 23.1 Å². The van der Waals surface area contributed by atoms with Crippen molar-refractivity contribution in [3.8, 4) is 0 Å². The van der Waals surface area contributed by atoms with Gasteiger partial charge >= 0.3 is 0 Å². The molecule has 0 unspecified atom stereocenters. The van der Waals surface area contributed by atoms with Gasteiger partial charge in [-0.3, -0.25) is 23.5 Å². The molecule has 2 aromatic carbocycles. The molecule has 14 heteroatoms. The van der Waals surface area contributed by atoms with Crippen LogP contribution in [0.5, 0.6) is 0 Å². The van der Waals surface area contributed by atoms with Crippen LogP contribution in [-0.2, 0) is 11.3 Å². The number of pyridine rings is 1. The van der Waals surface area contributed by atoms with E-state index in [2.05, 4.69) is 25.5 Å². The molecule has 3 aromatic heterocycles. The van der Waals surface area contributed by atoms with Crippen molar-refractivity contribution in [2.45, 2.75) is 33.4 Å². The first-order valence-corrected chi connectivity index (χ1v) is 16.2. The fraction of sp³-hybridized carbons (Fsp3) is 0.278. The number of nitrogens with zero attached hydrogens (tertiary/aromatic N) is 6. The number of fused-ring (bicyclic) bond motifs is 1. The van der Waals surface area contributed by atoms with E-state index in [0.717, 1.165) is 47.4 Å². The standard InChI is InChI=1S/C36H36F2N8O4/c1-22(2)46-32-28(19-41-36(43-32)42-25-7-9-26(10-8-25)44-13-15-50-16-14-44)23(3)27(35(46)49)5-4-12-40-33(47)29-18-39-21-45(34(29)48)20-24-6-11-30(37)31(38)17-24/h4-11,17-19,21-22H,12-16,20H2,1-3H3,(H,40,47)(H,41,42,43)/b5-4+. The maximum Gasteiger partial charge on any atom is 0.266 e. The number of hydrogen-bond acceptors (Lipinski definition) is 9. The van der Waals surface area contributed by atoms with Crippen molar-refractivity contribution in [1.82, 2.24) is 29.4 Å². The van der Waals surface area contributed by atoms with Gasteiger partial charge in [-0.2, -0.15) is 4.98 Å². The molecule has 6 rings (SSSR count). The average Bonchev–Trinajstić information content (AvgIpc) is 3.11. The van der Waals surface area contributed by atoms with Crippen LogP contribution in [0.2, 0.25) is 0 Å². The Balaban J connectivity index is 1.17. The highest BCUT2D eigenvalue weighted by molar-refractivity contribution is 5.93. The monoisotopic (exact) mass is 682 g/mol. The molecule has 1 fully saturated rings. The van der Waals surface area contributed by atoms with Gasteiger partial charge in [0.15, 0.2) is 11.6 Å². The molecule has 4 heterocycles. The summed E-state index contributed by atoms with van der Waals surface area (Å²) >= 11 is 0. The minimum absolute atomic E-state index is 0.0125. The molecule has 0 saturated carbocycles. The summed E-state index contributed by atoms with van der Waals surface area (Å²) in [4.78, 5) is 55.1. The second kappa shape index (κ2) is 14.8. The van der Waals surface area contributed by atoms with Crippen LogP contribution in [0.4, 0.5) is 26.1 Å². The molecule has 1 aliphatic rings. The highest BCUT2D eigenvalue weighted by Crippen LogP contribution is 2.24. The van der Waals surface area contributed by atoms with E-state index in [9.17, 15) is 23.2 Å². The lowest BCUT2D eigenvalue weighted by atomic mass is 10.1. The molecule has 0 radical (unpaired) electrons. The average molecular weight is 683 g/mol. The quantitative estimate of drug-likeness (QED) is 0.217. The Kier molecular flexibility index (Phi) is 10.1. The van der Waals surface area contributed by atoms with Crippen molar-refractivity contribution >= 4 is 40.3 Å². The highest BCUT2D eigenvalue weighted by atomic mass is 19.2. The Bertz CT molecular complexity index is 2190. The number of aromatic nitrogens is 5. The minimum atomic E-state index is -1.04. The molecule has 1 aliphatic heterocycles. The van der Waals surface area contributed by atoms with E-state index in [-0.39, 0.29) is 30.3 Å². The molecule has 1 amide bonds. The van der Waals surface area contributed by atoms with E-state index >= 15 is 0 Å². The van der Waals surface area contributed by atoms with Crippen LogP contribution in [0.3, 0.4) is 0 Å². The molecule has 12 nitrogen and oxygen atoms in total. The van der Waals surface area contributed by atoms with E-state index in [1.807, 2.05) is 45.0 Å². The SMILES string of the molecule is Cc1c(/C=C/CNC(=O)c2cncn(Cc3ccc(F)c(F)c3)c2=O)c(=O)n(C(C)C)c2nc(Nc3ccc(N4CCOCC4)cc3)ncc12. The summed E-state index contributed by atoms with van der Waals surface area (Å²) in [6.45, 7) is 8.63. The Hall–Kier alpha value is -5.76. The number of halogens is 2. The number of ether oxygens (including phenoxy) is 1. The lowest BCUT2D eigenvalue weighted by molar-refractivity contribution is 0.0955. The summed E-state index contributed by atoms with van der Waals surface area (Å²) < 4.78 is 35.1. The van der Waals surface area contributed by atoms with Crippen LogP contribution in [0.25, 0.3) is 17.1 Å². The Labute approximate surface area is 286 Å². The molecule has 258 valence electrons. The number of carbonyl (C=O) groups is 1. The van der Waals surface area contributed by atoms with Gasteiger partial charge in [0.25, 0.3) is 17.0 Å². The Morgan fingerprint density at radius 3 is 2.50 bits per heavy atom. The third-order valence-electron chi connectivity index (χ3n) is 8.42. The number of morpholine rings is 1. The maximum atomic E-state index is 13.8. The fourth-order valence-corrected chi connectivity index (χ4v) is 5.77. The van der Waals surface area contributed by atoms with E-state index in [0.29, 0.717) is 46.9 Å². The van der Waals surface area contributed by atoms with Crippen molar-refractivity contribution in [3.63, 3.8) is 0 Å². The summed E-state index contributed by atoms with van der Waals surface area (Å²) in [6.07, 6.45) is 7.29. The zero-order valence-electron chi connectivity index (χ0n) is 27.8. The number of anilines is 3. The predicted octanol–water partition coefficient (Wildman–Crippen LogP) is 4.59. The van der Waals surface area contributed by atoms with Crippen LogP contribution < -0.4 is 26.7 Å². The fourth-order valence-electron chi connectivity index (χ4n) is 5.77. The summed E-state index contributed by atoms with van der Waals surface area (Å²) in [5, 5.41) is 6.59. The normalized spacial score (nSPS) is 13.4. The highest BCUT2D eigenvalue weighted by Gasteiger charge is 2.18. The summed E-state index contributed by atoms with van der Waals surface area (Å²) in [5.41, 5.74) is 2.73. The molecule has 0 spiro atoms. The number of benzene rings is 2. The number of aryl methyl sites for hydroxylation is 1. The number of carbonyl (C=O) groups excluding carboxylic acids is 1. The first-order chi connectivity index (χ1) is 24.1. The molecule has 0 aliphatic carbocycles. The number of hydrogen-bond donors (Lipinski definition) is 2. The first kappa shape index (κ1) is 34.1. The summed E-state index contributed by atoms with van der Waals surface area (Å²) in [5.74, 6) is -2.36. The van der Waals surface area contributed by atoms with E-state index in [4.69, 9.17) is 9.72 Å². The van der Waals surface area contributed by atoms with Gasteiger partial charge in [-0.15, -0.1) is 0 Å². The molecular formula is C36H36F2N8O4. The van der Waals surface area contributed by atoms with Gasteiger partial charge in [-0.1, -0.05) is 18.2 Å². The van der Waals surface area contributed by atoms with E-state index in [1.165, 1.54) is 12.4 Å². The largest absolute Gasteiger partial charge is 0.378 e. The molecule has 0 atom stereocenters. The number of amides is 1. The van der Waals surface area contributed by atoms with Gasteiger partial charge < -0.3 is 20.3 Å². The third kappa shape index (κ3) is 7.29. The lowest BCUT2D eigenvalue weighted by Gasteiger charge is -2.28. The van der Waals surface area contributed by atoms with Gasteiger partial charge in [0.2, 0.25) is 5.95 Å². The van der Waals surface area contributed by atoms with Crippen LogP contribution in [0.1, 0.15) is 46.9 Å². The van der Waals surface area contributed by atoms with Crippen molar-refractivity contribution in [2.75, 3.05) is 43.1 Å². The second-order valence-electron chi connectivity index (χ2n) is 12.1. The van der Waals surface area contributed by atoms with E-state index in [1.54, 1.807) is 22.9 Å². The first-order valence-electron chi connectivity index (χ1n) is 16.2. The molecule has 1 saturated heterocycles. The van der Waals surface area contributed by atoms with Crippen molar-refractivity contribution in [1.29, 1.82) is 0 Å². The zero-order valence-corrected chi connectivity index (χ0v) is 27.8. The van der Waals surface area contributed by atoms with Gasteiger partial charge in [0.1, 0.15) is 11.2 Å². The van der Waals surface area contributed by atoms with Gasteiger partial charge in [-0.05, 0) is 68.3 Å². The smallest absolute Gasteiger partial charge is 0.266 e. The molecule has 5 aromatic rings. The van der Waals surface area contributed by atoms with Crippen LogP contribution in [-0.4, -0.2) is 62.8 Å². The number of nitrogens with one attached hydrogen (secondary N) is 2. The predicted molar refractivity (Wildman–Crippen MR) is 187 cm³/mol. The maximum absolute atomic E-state index is 13.8. The van der Waals surface area contributed by atoms with Gasteiger partial charge in [0, 0.05) is 60.4 Å².